The lowest BCUT2D eigenvalue weighted by atomic mass is 10.1. The topological polar surface area (TPSA) is 106 Å². The molecule has 1 aromatic carbocycles. The van der Waals surface area contributed by atoms with Crippen LogP contribution in [-0.4, -0.2) is 34.0 Å². The molecule has 0 spiro atoms. The Hall–Kier alpha value is -2.12. The summed E-state index contributed by atoms with van der Waals surface area (Å²) >= 11 is 0. The van der Waals surface area contributed by atoms with Crippen LogP contribution in [0.5, 0.6) is 11.5 Å². The second-order valence-corrected chi connectivity index (χ2v) is 4.12. The van der Waals surface area contributed by atoms with Crippen molar-refractivity contribution in [1.29, 1.82) is 0 Å². The summed E-state index contributed by atoms with van der Waals surface area (Å²) in [6.45, 7) is 2.26. The van der Waals surface area contributed by atoms with Crippen LogP contribution in [-0.2, 0) is 6.61 Å². The van der Waals surface area contributed by atoms with Crippen molar-refractivity contribution in [3.63, 3.8) is 0 Å². The number of rotatable bonds is 6. The standard InChI is InChI=1S/C13H18N4O3/c1-3-20-9-5-4-8(6-10(9)19-2)12(14)13-15-11(7-18)16-17-13/h4-6,12,18H,3,7,14H2,1-2H3,(H,15,16,17)/t12-/m0/s1. The lowest BCUT2D eigenvalue weighted by molar-refractivity contribution is 0.271. The maximum atomic E-state index is 8.97. The zero-order valence-electron chi connectivity index (χ0n) is 11.5. The Morgan fingerprint density at radius 2 is 2.20 bits per heavy atom. The summed E-state index contributed by atoms with van der Waals surface area (Å²) in [7, 11) is 1.57. The molecule has 108 valence electrons. The highest BCUT2D eigenvalue weighted by atomic mass is 16.5. The number of aliphatic hydroxyl groups excluding tert-OH is 1. The molecule has 2 rings (SSSR count). The van der Waals surface area contributed by atoms with Crippen LogP contribution in [0, 0.1) is 0 Å². The summed E-state index contributed by atoms with van der Waals surface area (Å²) in [5, 5.41) is 15.6. The minimum absolute atomic E-state index is 0.202. The first-order valence-electron chi connectivity index (χ1n) is 6.28. The quantitative estimate of drug-likeness (QED) is 0.720. The van der Waals surface area contributed by atoms with E-state index >= 15 is 0 Å². The summed E-state index contributed by atoms with van der Waals surface area (Å²) in [6, 6.07) is 4.94. The van der Waals surface area contributed by atoms with E-state index in [0.717, 1.165) is 5.56 Å². The Morgan fingerprint density at radius 1 is 1.40 bits per heavy atom. The van der Waals surface area contributed by atoms with Crippen LogP contribution in [0.15, 0.2) is 18.2 Å². The van der Waals surface area contributed by atoms with Crippen molar-refractivity contribution >= 4 is 0 Å². The van der Waals surface area contributed by atoms with Crippen molar-refractivity contribution < 1.29 is 14.6 Å². The van der Waals surface area contributed by atoms with Gasteiger partial charge in [0.05, 0.1) is 19.8 Å². The number of methoxy groups -OCH3 is 1. The molecule has 0 bridgehead atoms. The summed E-state index contributed by atoms with van der Waals surface area (Å²) in [5.41, 5.74) is 6.91. The molecule has 7 heteroatoms. The highest BCUT2D eigenvalue weighted by molar-refractivity contribution is 5.44. The predicted molar refractivity (Wildman–Crippen MR) is 72.5 cm³/mol. The number of aromatic nitrogens is 3. The number of hydrogen-bond donors (Lipinski definition) is 3. The van der Waals surface area contributed by atoms with Gasteiger partial charge in [0, 0.05) is 0 Å². The van der Waals surface area contributed by atoms with Crippen molar-refractivity contribution in [3.05, 3.63) is 35.4 Å². The average molecular weight is 278 g/mol. The number of aliphatic hydroxyl groups is 1. The normalized spacial score (nSPS) is 12.2. The van der Waals surface area contributed by atoms with Crippen molar-refractivity contribution in [2.75, 3.05) is 13.7 Å². The summed E-state index contributed by atoms with van der Waals surface area (Å²) in [6.07, 6.45) is 0. The molecule has 2 aromatic rings. The molecule has 7 nitrogen and oxygen atoms in total. The number of aromatic amines is 1. The summed E-state index contributed by atoms with van der Waals surface area (Å²) < 4.78 is 10.7. The van der Waals surface area contributed by atoms with Gasteiger partial charge in [-0.25, -0.2) is 4.98 Å². The molecule has 1 aromatic heterocycles. The predicted octanol–water partition coefficient (Wildman–Crippen LogP) is 0.752. The van der Waals surface area contributed by atoms with Crippen molar-refractivity contribution in [2.45, 2.75) is 19.6 Å². The van der Waals surface area contributed by atoms with E-state index < -0.39 is 6.04 Å². The minimum atomic E-state index is -0.504. The molecule has 1 heterocycles. The van der Waals surface area contributed by atoms with Gasteiger partial charge in [0.25, 0.3) is 0 Å². The second kappa shape index (κ2) is 6.36. The van der Waals surface area contributed by atoms with E-state index in [4.69, 9.17) is 20.3 Å². The van der Waals surface area contributed by atoms with Gasteiger partial charge in [0.1, 0.15) is 12.4 Å². The zero-order valence-corrected chi connectivity index (χ0v) is 11.5. The lowest BCUT2D eigenvalue weighted by Gasteiger charge is -2.13. The molecule has 0 aliphatic rings. The van der Waals surface area contributed by atoms with E-state index in [2.05, 4.69) is 15.2 Å². The van der Waals surface area contributed by atoms with Crippen molar-refractivity contribution in [3.8, 4) is 11.5 Å². The van der Waals surface area contributed by atoms with E-state index in [0.29, 0.717) is 29.8 Å². The van der Waals surface area contributed by atoms with E-state index in [1.165, 1.54) is 0 Å². The fourth-order valence-corrected chi connectivity index (χ4v) is 1.82. The first-order valence-corrected chi connectivity index (χ1v) is 6.28. The molecule has 1 atom stereocenters. The molecule has 0 fully saturated rings. The third kappa shape index (κ3) is 2.89. The van der Waals surface area contributed by atoms with E-state index in [1.807, 2.05) is 13.0 Å². The fraction of sp³-hybridized carbons (Fsp3) is 0.385. The van der Waals surface area contributed by atoms with Gasteiger partial charge in [0.15, 0.2) is 17.3 Å². The molecule has 0 aliphatic carbocycles. The molecule has 20 heavy (non-hydrogen) atoms. The Morgan fingerprint density at radius 3 is 2.80 bits per heavy atom. The number of benzene rings is 1. The van der Waals surface area contributed by atoms with Crippen molar-refractivity contribution in [2.24, 2.45) is 5.73 Å². The Labute approximate surface area is 116 Å². The summed E-state index contributed by atoms with van der Waals surface area (Å²) in [4.78, 5) is 4.11. The van der Waals surface area contributed by atoms with E-state index in [9.17, 15) is 0 Å². The van der Waals surface area contributed by atoms with E-state index in [1.54, 1.807) is 19.2 Å². The third-order valence-corrected chi connectivity index (χ3v) is 2.82. The van der Waals surface area contributed by atoms with Crippen LogP contribution in [0.1, 0.15) is 30.2 Å². The zero-order chi connectivity index (χ0) is 14.5. The minimum Gasteiger partial charge on any atom is -0.493 e. The maximum Gasteiger partial charge on any atom is 0.171 e. The fourth-order valence-electron chi connectivity index (χ4n) is 1.82. The second-order valence-electron chi connectivity index (χ2n) is 4.12. The van der Waals surface area contributed by atoms with E-state index in [-0.39, 0.29) is 6.61 Å². The largest absolute Gasteiger partial charge is 0.493 e. The average Bonchev–Trinajstić information content (AvgIpc) is 2.96. The van der Waals surface area contributed by atoms with Crippen LogP contribution in [0.25, 0.3) is 0 Å². The van der Waals surface area contributed by atoms with Crippen LogP contribution in [0.4, 0.5) is 0 Å². The van der Waals surface area contributed by atoms with Gasteiger partial charge in [-0.1, -0.05) is 6.07 Å². The highest BCUT2D eigenvalue weighted by Gasteiger charge is 2.16. The number of ether oxygens (including phenoxy) is 2. The smallest absolute Gasteiger partial charge is 0.171 e. The lowest BCUT2D eigenvalue weighted by Crippen LogP contribution is -2.14. The monoisotopic (exact) mass is 278 g/mol. The Kier molecular flexibility index (Phi) is 4.54. The molecule has 0 radical (unpaired) electrons. The number of hydrogen-bond acceptors (Lipinski definition) is 6. The molecule has 0 saturated heterocycles. The van der Waals surface area contributed by atoms with Crippen LogP contribution in [0.2, 0.25) is 0 Å². The van der Waals surface area contributed by atoms with Gasteiger partial charge in [-0.3, -0.25) is 5.10 Å². The Balaban J connectivity index is 2.27. The van der Waals surface area contributed by atoms with Gasteiger partial charge in [-0.05, 0) is 24.6 Å². The molecular formula is C13H18N4O3. The Bertz CT molecular complexity index is 570. The first-order chi connectivity index (χ1) is 9.69. The van der Waals surface area contributed by atoms with Crippen LogP contribution in [0.3, 0.4) is 0 Å². The van der Waals surface area contributed by atoms with Gasteiger partial charge in [0.2, 0.25) is 0 Å². The molecular weight excluding hydrogens is 260 g/mol. The SMILES string of the molecule is CCOc1ccc([C@H](N)c2n[nH]c(CO)n2)cc1OC. The number of nitrogens with one attached hydrogen (secondary N) is 1. The van der Waals surface area contributed by atoms with Crippen LogP contribution >= 0.6 is 0 Å². The first kappa shape index (κ1) is 14.3. The molecule has 0 saturated carbocycles. The van der Waals surface area contributed by atoms with Crippen molar-refractivity contribution in [1.82, 2.24) is 15.2 Å². The molecule has 0 amide bonds. The van der Waals surface area contributed by atoms with Crippen LogP contribution < -0.4 is 15.2 Å². The van der Waals surface area contributed by atoms with Gasteiger partial charge < -0.3 is 20.3 Å². The number of nitrogens with zero attached hydrogens (tertiary/aromatic N) is 2. The third-order valence-electron chi connectivity index (χ3n) is 2.82. The summed E-state index contributed by atoms with van der Waals surface area (Å²) in [5.74, 6) is 2.07. The van der Waals surface area contributed by atoms with Gasteiger partial charge >= 0.3 is 0 Å². The van der Waals surface area contributed by atoms with Gasteiger partial charge in [-0.2, -0.15) is 5.10 Å². The van der Waals surface area contributed by atoms with Gasteiger partial charge in [-0.15, -0.1) is 0 Å². The maximum absolute atomic E-state index is 8.97. The number of H-pyrrole nitrogens is 1. The molecule has 0 aliphatic heterocycles. The number of nitrogens with two attached hydrogens (primary N) is 1. The molecule has 0 unspecified atom stereocenters. The highest BCUT2D eigenvalue weighted by Crippen LogP contribution is 2.30. The molecule has 4 N–H and O–H groups in total.